The predicted octanol–water partition coefficient (Wildman–Crippen LogP) is -0.633. The number of amides is 1. The van der Waals surface area contributed by atoms with Crippen LogP contribution < -0.4 is 15.2 Å². The molecule has 0 saturated carbocycles. The lowest BCUT2D eigenvalue weighted by Gasteiger charge is -2.29. The van der Waals surface area contributed by atoms with Crippen molar-refractivity contribution in [2.75, 3.05) is 32.7 Å². The minimum Gasteiger partial charge on any atom is -0.463 e. The molecule has 1 aromatic carbocycles. The number of carbonyl (C=O) groups is 1. The Hall–Kier alpha value is -2.15. The van der Waals surface area contributed by atoms with Gasteiger partial charge in [0.2, 0.25) is 0 Å². The van der Waals surface area contributed by atoms with Crippen LogP contribution in [-0.2, 0) is 11.3 Å². The van der Waals surface area contributed by atoms with Crippen molar-refractivity contribution in [3.05, 3.63) is 59.0 Å². The first kappa shape index (κ1) is 17.7. The maximum absolute atomic E-state index is 12.0. The molecule has 1 amide bonds. The number of benzene rings is 1. The summed E-state index contributed by atoms with van der Waals surface area (Å²) in [4.78, 5) is 14.7. The molecule has 132 valence electrons. The van der Waals surface area contributed by atoms with Crippen molar-refractivity contribution in [2.45, 2.75) is 6.54 Å². The molecule has 25 heavy (non-hydrogen) atoms. The highest BCUT2D eigenvalue weighted by molar-refractivity contribution is 6.31. The van der Waals surface area contributed by atoms with Gasteiger partial charge in [0.15, 0.2) is 6.54 Å². The topological polar surface area (TPSA) is 63.5 Å². The Morgan fingerprint density at radius 1 is 1.16 bits per heavy atom. The molecule has 1 aromatic heterocycles. The fourth-order valence-corrected chi connectivity index (χ4v) is 3.22. The van der Waals surface area contributed by atoms with E-state index in [9.17, 15) is 4.79 Å². The lowest BCUT2D eigenvalue weighted by Crippen LogP contribution is -3.28. The van der Waals surface area contributed by atoms with Crippen LogP contribution >= 0.6 is 11.6 Å². The van der Waals surface area contributed by atoms with Gasteiger partial charge in [-0.3, -0.25) is 4.79 Å². The van der Waals surface area contributed by atoms with E-state index in [4.69, 9.17) is 16.0 Å². The molecule has 0 radical (unpaired) electrons. The molecule has 7 heteroatoms. The molecular weight excluding hydrogens is 340 g/mol. The first-order valence-corrected chi connectivity index (χ1v) is 8.84. The highest BCUT2D eigenvalue weighted by Crippen LogP contribution is 2.13. The highest BCUT2D eigenvalue weighted by atomic mass is 35.5. The van der Waals surface area contributed by atoms with Gasteiger partial charge in [-0.1, -0.05) is 29.8 Å². The summed E-state index contributed by atoms with van der Waals surface area (Å²) in [6.07, 6.45) is 3.07. The van der Waals surface area contributed by atoms with E-state index in [2.05, 4.69) is 16.6 Å². The quantitative estimate of drug-likeness (QED) is 0.473. The Balaban J connectivity index is 1.38. The van der Waals surface area contributed by atoms with Crippen molar-refractivity contribution in [2.24, 2.45) is 5.10 Å². The molecular formula is C18H23ClN4O2+2. The molecule has 2 heterocycles. The molecule has 0 spiro atoms. The third-order valence-electron chi connectivity index (χ3n) is 4.40. The van der Waals surface area contributed by atoms with Gasteiger partial charge in [0, 0.05) is 10.6 Å². The summed E-state index contributed by atoms with van der Waals surface area (Å²) in [5, 5.41) is 4.74. The minimum absolute atomic E-state index is 0.0765. The SMILES string of the molecule is O=C(C[NH+]1CC[NH+](Cc2ccccc2Cl)CC1)N/N=C/c1ccco1. The molecule has 0 unspecified atom stereocenters. The Morgan fingerprint density at radius 3 is 2.64 bits per heavy atom. The first-order chi connectivity index (χ1) is 12.2. The second-order valence-electron chi connectivity index (χ2n) is 6.25. The maximum Gasteiger partial charge on any atom is 0.295 e. The van der Waals surface area contributed by atoms with Gasteiger partial charge in [0.1, 0.15) is 38.5 Å². The number of piperazine rings is 1. The van der Waals surface area contributed by atoms with Crippen molar-refractivity contribution in [1.82, 2.24) is 5.43 Å². The molecule has 0 bridgehead atoms. The number of quaternary nitrogens is 2. The molecule has 0 atom stereocenters. The number of halogens is 1. The number of hydrogen-bond acceptors (Lipinski definition) is 3. The summed E-state index contributed by atoms with van der Waals surface area (Å²) in [6, 6.07) is 11.6. The van der Waals surface area contributed by atoms with Crippen LogP contribution in [0.3, 0.4) is 0 Å². The summed E-state index contributed by atoms with van der Waals surface area (Å²) in [6.45, 7) is 5.37. The number of hydrazone groups is 1. The van der Waals surface area contributed by atoms with Gasteiger partial charge in [0.05, 0.1) is 12.5 Å². The normalized spacial score (nSPS) is 20.7. The second-order valence-corrected chi connectivity index (χ2v) is 6.66. The van der Waals surface area contributed by atoms with Crippen LogP contribution in [0, 0.1) is 0 Å². The van der Waals surface area contributed by atoms with E-state index in [0.29, 0.717) is 12.3 Å². The Bertz CT molecular complexity index is 710. The second kappa shape index (κ2) is 8.80. The van der Waals surface area contributed by atoms with Gasteiger partial charge >= 0.3 is 0 Å². The Labute approximate surface area is 152 Å². The summed E-state index contributed by atoms with van der Waals surface area (Å²) < 4.78 is 5.12. The summed E-state index contributed by atoms with van der Waals surface area (Å²) in [7, 11) is 0. The Morgan fingerprint density at radius 2 is 1.92 bits per heavy atom. The fraction of sp³-hybridized carbons (Fsp3) is 0.333. The van der Waals surface area contributed by atoms with Crippen LogP contribution in [0.2, 0.25) is 5.02 Å². The number of hydrogen-bond donors (Lipinski definition) is 3. The minimum atomic E-state index is -0.0765. The van der Waals surface area contributed by atoms with E-state index in [1.807, 2.05) is 18.2 Å². The molecule has 3 N–H and O–H groups in total. The summed E-state index contributed by atoms with van der Waals surface area (Å²) in [5.74, 6) is 0.539. The van der Waals surface area contributed by atoms with E-state index in [1.54, 1.807) is 18.4 Å². The Kier molecular flexibility index (Phi) is 6.22. The average Bonchev–Trinajstić information content (AvgIpc) is 3.12. The van der Waals surface area contributed by atoms with Gasteiger partial charge in [-0.2, -0.15) is 5.10 Å². The largest absolute Gasteiger partial charge is 0.463 e. The average molecular weight is 363 g/mol. The summed E-state index contributed by atoms with van der Waals surface area (Å²) in [5.41, 5.74) is 3.74. The highest BCUT2D eigenvalue weighted by Gasteiger charge is 2.25. The molecule has 3 rings (SSSR count). The number of furan rings is 1. The van der Waals surface area contributed by atoms with Crippen molar-refractivity contribution in [1.29, 1.82) is 0 Å². The van der Waals surface area contributed by atoms with Crippen LogP contribution in [0.5, 0.6) is 0 Å². The van der Waals surface area contributed by atoms with Crippen LogP contribution in [-0.4, -0.2) is 44.8 Å². The molecule has 1 aliphatic rings. The molecule has 1 fully saturated rings. The monoisotopic (exact) mass is 362 g/mol. The van der Waals surface area contributed by atoms with Crippen molar-refractivity contribution < 1.29 is 19.0 Å². The third kappa shape index (κ3) is 5.42. The zero-order chi connectivity index (χ0) is 17.5. The van der Waals surface area contributed by atoms with E-state index < -0.39 is 0 Å². The van der Waals surface area contributed by atoms with E-state index in [-0.39, 0.29) is 5.91 Å². The lowest BCUT2D eigenvalue weighted by atomic mass is 10.2. The van der Waals surface area contributed by atoms with Crippen molar-refractivity contribution in [3.63, 3.8) is 0 Å². The number of rotatable bonds is 6. The third-order valence-corrected chi connectivity index (χ3v) is 4.77. The van der Waals surface area contributed by atoms with Crippen LogP contribution in [0.15, 0.2) is 52.2 Å². The molecule has 6 nitrogen and oxygen atoms in total. The summed E-state index contributed by atoms with van der Waals surface area (Å²) >= 11 is 6.23. The fourth-order valence-electron chi connectivity index (χ4n) is 3.02. The molecule has 1 aliphatic heterocycles. The van der Waals surface area contributed by atoms with Gasteiger partial charge < -0.3 is 14.2 Å². The van der Waals surface area contributed by atoms with Gasteiger partial charge in [-0.05, 0) is 18.2 Å². The number of nitrogens with zero attached hydrogens (tertiary/aromatic N) is 1. The van der Waals surface area contributed by atoms with E-state index in [0.717, 1.165) is 37.7 Å². The van der Waals surface area contributed by atoms with Crippen LogP contribution in [0.4, 0.5) is 0 Å². The van der Waals surface area contributed by atoms with Gasteiger partial charge in [-0.25, -0.2) is 5.43 Å². The molecule has 0 aliphatic carbocycles. The lowest BCUT2D eigenvalue weighted by molar-refractivity contribution is -1.02. The standard InChI is InChI=1S/C18H21ClN4O2/c19-17-6-2-1-4-15(17)13-22-7-9-23(10-8-22)14-18(24)21-20-12-16-5-3-11-25-16/h1-6,11-12H,7-10,13-14H2,(H,21,24)/p+2/b20-12+. The van der Waals surface area contributed by atoms with Gasteiger partial charge in [0.25, 0.3) is 5.91 Å². The van der Waals surface area contributed by atoms with E-state index >= 15 is 0 Å². The zero-order valence-electron chi connectivity index (χ0n) is 14.0. The van der Waals surface area contributed by atoms with Gasteiger partial charge in [-0.15, -0.1) is 0 Å². The maximum atomic E-state index is 12.0. The zero-order valence-corrected chi connectivity index (χ0v) is 14.8. The first-order valence-electron chi connectivity index (χ1n) is 8.46. The smallest absolute Gasteiger partial charge is 0.295 e. The van der Waals surface area contributed by atoms with Crippen molar-refractivity contribution in [3.8, 4) is 0 Å². The number of carbonyl (C=O) groups excluding carboxylic acids is 1. The van der Waals surface area contributed by atoms with E-state index in [1.165, 1.54) is 21.6 Å². The van der Waals surface area contributed by atoms with Crippen molar-refractivity contribution >= 4 is 23.7 Å². The number of nitrogens with one attached hydrogen (secondary N) is 3. The van der Waals surface area contributed by atoms with Crippen LogP contribution in [0.25, 0.3) is 0 Å². The molecule has 2 aromatic rings. The predicted molar refractivity (Wildman–Crippen MR) is 95.9 cm³/mol. The van der Waals surface area contributed by atoms with Crippen LogP contribution in [0.1, 0.15) is 11.3 Å². The molecule has 1 saturated heterocycles.